The minimum absolute atomic E-state index is 0.133. The van der Waals surface area contributed by atoms with Crippen LogP contribution in [0.25, 0.3) is 10.1 Å². The number of esters is 1. The van der Waals surface area contributed by atoms with E-state index in [-0.39, 0.29) is 10.5 Å². The maximum atomic E-state index is 12.7. The smallest absolute Gasteiger partial charge is 0.355 e. The van der Waals surface area contributed by atoms with Crippen LogP contribution in [0.4, 0.5) is 5.69 Å². The molecule has 5 rings (SSSR count). The zero-order valence-electron chi connectivity index (χ0n) is 20.6. The zero-order valence-corrected chi connectivity index (χ0v) is 23.0. The van der Waals surface area contributed by atoms with Gasteiger partial charge in [0.2, 0.25) is 0 Å². The van der Waals surface area contributed by atoms with Crippen LogP contribution in [0.2, 0.25) is 5.02 Å². The molecule has 5 aromatic rings. The van der Waals surface area contributed by atoms with E-state index in [1.54, 1.807) is 42.5 Å². The Morgan fingerprint density at radius 3 is 2.35 bits per heavy atom. The van der Waals surface area contributed by atoms with Crippen LogP contribution in [-0.4, -0.2) is 26.5 Å². The molecule has 200 valence electrons. The summed E-state index contributed by atoms with van der Waals surface area (Å²) >= 11 is 7.64. The second-order valence-electron chi connectivity index (χ2n) is 8.40. The van der Waals surface area contributed by atoms with Crippen molar-refractivity contribution in [1.29, 1.82) is 0 Å². The Morgan fingerprint density at radius 2 is 1.60 bits per heavy atom. The van der Waals surface area contributed by atoms with Crippen LogP contribution in [0, 0.1) is 0 Å². The highest BCUT2D eigenvalue weighted by Crippen LogP contribution is 2.35. The maximum Gasteiger partial charge on any atom is 0.355 e. The van der Waals surface area contributed by atoms with E-state index in [9.17, 15) is 18.0 Å². The van der Waals surface area contributed by atoms with Gasteiger partial charge in [-0.25, -0.2) is 18.6 Å². The molecular weight excluding hydrogens is 570 g/mol. The van der Waals surface area contributed by atoms with Crippen molar-refractivity contribution in [3.63, 3.8) is 0 Å². The standard InChI is InChI=1S/C29H20ClN3O5S2/c30-26-24-11-4-5-12-25(24)39-27(26)29(35)38-22-8-6-7-19(17-22)18-31-32-28(34)20-13-15-21(16-14-20)33-40(36,37)23-9-2-1-3-10-23/h1-18,33H,(H,32,34)/b31-18-. The number of halogens is 1. The molecule has 0 aliphatic heterocycles. The number of sulfonamides is 1. The Kier molecular flexibility index (Phi) is 7.92. The molecule has 11 heteroatoms. The number of benzene rings is 4. The normalized spacial score (nSPS) is 11.4. The number of hydrogen-bond donors (Lipinski definition) is 2. The molecule has 1 aromatic heterocycles. The van der Waals surface area contributed by atoms with E-state index in [1.807, 2.05) is 24.3 Å². The zero-order chi connectivity index (χ0) is 28.1. The molecular formula is C29H20ClN3O5S2. The van der Waals surface area contributed by atoms with E-state index < -0.39 is 21.9 Å². The molecule has 4 aromatic carbocycles. The molecule has 2 N–H and O–H groups in total. The number of fused-ring (bicyclic) bond motifs is 1. The fraction of sp³-hybridized carbons (Fsp3) is 0. The summed E-state index contributed by atoms with van der Waals surface area (Å²) in [4.78, 5) is 25.7. The van der Waals surface area contributed by atoms with Gasteiger partial charge in [-0.1, -0.05) is 60.1 Å². The predicted octanol–water partition coefficient (Wildman–Crippen LogP) is 6.34. The van der Waals surface area contributed by atoms with Gasteiger partial charge in [-0.15, -0.1) is 11.3 Å². The van der Waals surface area contributed by atoms with Crippen molar-refractivity contribution in [2.75, 3.05) is 4.72 Å². The molecule has 0 atom stereocenters. The first-order valence-corrected chi connectivity index (χ1v) is 14.5. The van der Waals surface area contributed by atoms with Gasteiger partial charge in [0.05, 0.1) is 16.1 Å². The molecule has 0 aliphatic rings. The highest BCUT2D eigenvalue weighted by Gasteiger charge is 2.19. The number of rotatable bonds is 8. The van der Waals surface area contributed by atoms with Gasteiger partial charge in [0, 0.05) is 21.3 Å². The van der Waals surface area contributed by atoms with Gasteiger partial charge in [-0.3, -0.25) is 9.52 Å². The molecule has 1 heterocycles. The number of ether oxygens (including phenoxy) is 1. The molecule has 0 aliphatic carbocycles. The van der Waals surface area contributed by atoms with Gasteiger partial charge in [-0.05, 0) is 60.2 Å². The molecule has 0 unspecified atom stereocenters. The molecule has 8 nitrogen and oxygen atoms in total. The summed E-state index contributed by atoms with van der Waals surface area (Å²) in [5.74, 6) is -0.763. The Balaban J connectivity index is 1.19. The summed E-state index contributed by atoms with van der Waals surface area (Å²) in [6.45, 7) is 0. The molecule has 0 saturated carbocycles. The topological polar surface area (TPSA) is 114 Å². The van der Waals surface area contributed by atoms with Crippen molar-refractivity contribution in [2.45, 2.75) is 4.90 Å². The van der Waals surface area contributed by atoms with Crippen molar-refractivity contribution in [2.24, 2.45) is 5.10 Å². The van der Waals surface area contributed by atoms with Crippen LogP contribution in [0.15, 0.2) is 113 Å². The van der Waals surface area contributed by atoms with Crippen LogP contribution >= 0.6 is 22.9 Å². The number of carbonyl (C=O) groups is 2. The predicted molar refractivity (Wildman–Crippen MR) is 157 cm³/mol. The van der Waals surface area contributed by atoms with Crippen molar-refractivity contribution in [1.82, 2.24) is 5.43 Å². The first kappa shape index (κ1) is 27.1. The molecule has 1 amide bonds. The molecule has 0 radical (unpaired) electrons. The number of carbonyl (C=O) groups excluding carboxylic acids is 2. The lowest BCUT2D eigenvalue weighted by atomic mass is 10.2. The SMILES string of the molecule is O=C(N/N=C\c1cccc(OC(=O)c2sc3ccccc3c2Cl)c1)c1ccc(NS(=O)(=O)c2ccccc2)cc1. The Morgan fingerprint density at radius 1 is 0.875 bits per heavy atom. The molecule has 0 fully saturated rings. The van der Waals surface area contributed by atoms with Gasteiger partial charge >= 0.3 is 5.97 Å². The number of nitrogens with one attached hydrogen (secondary N) is 2. The highest BCUT2D eigenvalue weighted by atomic mass is 35.5. The summed E-state index contributed by atoms with van der Waals surface area (Å²) < 4.78 is 33.8. The number of hydrazone groups is 1. The summed E-state index contributed by atoms with van der Waals surface area (Å²) in [6.07, 6.45) is 1.41. The van der Waals surface area contributed by atoms with Gasteiger partial charge in [0.25, 0.3) is 15.9 Å². The minimum Gasteiger partial charge on any atom is -0.422 e. The fourth-order valence-electron chi connectivity index (χ4n) is 3.69. The summed E-state index contributed by atoms with van der Waals surface area (Å²) in [5.41, 5.74) is 3.59. The third kappa shape index (κ3) is 6.20. The quantitative estimate of drug-likeness (QED) is 0.0949. The third-order valence-corrected chi connectivity index (χ3v) is 8.67. The van der Waals surface area contributed by atoms with Crippen LogP contribution in [0.5, 0.6) is 5.75 Å². The largest absolute Gasteiger partial charge is 0.422 e. The lowest BCUT2D eigenvalue weighted by Gasteiger charge is -2.08. The van der Waals surface area contributed by atoms with Gasteiger partial charge in [0.15, 0.2) is 0 Å². The molecule has 0 saturated heterocycles. The minimum atomic E-state index is -3.74. The highest BCUT2D eigenvalue weighted by molar-refractivity contribution is 7.92. The van der Waals surface area contributed by atoms with Crippen molar-refractivity contribution >= 4 is 66.8 Å². The third-order valence-electron chi connectivity index (χ3n) is 5.62. The number of nitrogens with zero attached hydrogens (tertiary/aromatic N) is 1. The van der Waals surface area contributed by atoms with E-state index in [2.05, 4.69) is 15.2 Å². The van der Waals surface area contributed by atoms with E-state index in [4.69, 9.17) is 16.3 Å². The Hall–Kier alpha value is -4.51. The van der Waals surface area contributed by atoms with Gasteiger partial charge in [-0.2, -0.15) is 5.10 Å². The van der Waals surface area contributed by atoms with Crippen molar-refractivity contribution < 1.29 is 22.7 Å². The Labute approximate surface area is 238 Å². The number of amides is 1. The van der Waals surface area contributed by atoms with Gasteiger partial charge < -0.3 is 4.74 Å². The Bertz CT molecular complexity index is 1840. The average Bonchev–Trinajstić information content (AvgIpc) is 3.30. The second-order valence-corrected chi connectivity index (χ2v) is 11.5. The van der Waals surface area contributed by atoms with Crippen LogP contribution in [0.3, 0.4) is 0 Å². The summed E-state index contributed by atoms with van der Waals surface area (Å²) in [5, 5.41) is 5.11. The summed E-state index contributed by atoms with van der Waals surface area (Å²) in [6, 6.07) is 28.0. The lowest BCUT2D eigenvalue weighted by Crippen LogP contribution is -2.18. The first-order chi connectivity index (χ1) is 19.3. The van der Waals surface area contributed by atoms with Crippen LogP contribution in [0.1, 0.15) is 25.6 Å². The molecule has 40 heavy (non-hydrogen) atoms. The summed E-state index contributed by atoms with van der Waals surface area (Å²) in [7, 11) is -3.74. The first-order valence-electron chi connectivity index (χ1n) is 11.8. The number of anilines is 1. The number of hydrogen-bond acceptors (Lipinski definition) is 7. The molecule has 0 bridgehead atoms. The average molecular weight is 590 g/mol. The van der Waals surface area contributed by atoms with Crippen LogP contribution in [-0.2, 0) is 10.0 Å². The lowest BCUT2D eigenvalue weighted by molar-refractivity contribution is 0.0739. The van der Waals surface area contributed by atoms with Crippen LogP contribution < -0.4 is 14.9 Å². The van der Waals surface area contributed by atoms with E-state index >= 15 is 0 Å². The number of thiophene rings is 1. The van der Waals surface area contributed by atoms with E-state index in [0.717, 1.165) is 10.1 Å². The second kappa shape index (κ2) is 11.7. The van der Waals surface area contributed by atoms with Crippen molar-refractivity contribution in [3.8, 4) is 5.75 Å². The van der Waals surface area contributed by atoms with Gasteiger partial charge in [0.1, 0.15) is 10.6 Å². The fourth-order valence-corrected chi connectivity index (χ4v) is 6.15. The monoisotopic (exact) mass is 589 g/mol. The van der Waals surface area contributed by atoms with Crippen molar-refractivity contribution in [3.05, 3.63) is 124 Å². The maximum absolute atomic E-state index is 12.7. The van der Waals surface area contributed by atoms with E-state index in [0.29, 0.717) is 26.9 Å². The molecule has 0 spiro atoms. The van der Waals surface area contributed by atoms with E-state index in [1.165, 1.54) is 53.9 Å².